The summed E-state index contributed by atoms with van der Waals surface area (Å²) < 4.78 is 14.0. The lowest BCUT2D eigenvalue weighted by atomic mass is 9.72. The Balaban J connectivity index is 2.22. The van der Waals surface area contributed by atoms with E-state index in [1.165, 1.54) is 6.07 Å². The zero-order valence-corrected chi connectivity index (χ0v) is 15.6. The van der Waals surface area contributed by atoms with E-state index >= 15 is 0 Å². The molecular formula is C20H25ClFNO2. The van der Waals surface area contributed by atoms with Gasteiger partial charge >= 0.3 is 0 Å². The average Bonchev–Trinajstić information content (AvgIpc) is 2.56. The highest BCUT2D eigenvalue weighted by molar-refractivity contribution is 6.30. The van der Waals surface area contributed by atoms with Crippen LogP contribution in [0.3, 0.4) is 0 Å². The maximum absolute atomic E-state index is 14.0. The molecule has 1 aromatic carbocycles. The minimum absolute atomic E-state index is 0.0219. The van der Waals surface area contributed by atoms with Crippen LogP contribution in [0.2, 0.25) is 5.02 Å². The third-order valence-electron chi connectivity index (χ3n) is 4.65. The first kappa shape index (κ1) is 19.8. The van der Waals surface area contributed by atoms with Gasteiger partial charge in [-0.25, -0.2) is 4.39 Å². The van der Waals surface area contributed by atoms with E-state index in [4.69, 9.17) is 11.6 Å². The first-order valence-corrected chi connectivity index (χ1v) is 8.75. The highest BCUT2D eigenvalue weighted by Gasteiger charge is 2.33. The molecule has 0 fully saturated rings. The van der Waals surface area contributed by atoms with Gasteiger partial charge in [-0.1, -0.05) is 50.6 Å². The van der Waals surface area contributed by atoms with Crippen molar-refractivity contribution in [2.75, 3.05) is 13.2 Å². The molecule has 5 heteroatoms. The number of aliphatic hydroxyl groups excluding tert-OH is 2. The Labute approximate surface area is 153 Å². The number of pyridine rings is 1. The molecule has 0 aliphatic heterocycles. The number of hydrogen-bond donors (Lipinski definition) is 2. The van der Waals surface area contributed by atoms with Crippen LogP contribution in [-0.2, 0) is 6.42 Å². The van der Waals surface area contributed by atoms with Gasteiger partial charge in [0, 0.05) is 30.8 Å². The summed E-state index contributed by atoms with van der Waals surface area (Å²) in [6, 6.07) is 8.66. The fourth-order valence-corrected chi connectivity index (χ4v) is 3.29. The lowest BCUT2D eigenvalue weighted by Crippen LogP contribution is -2.32. The van der Waals surface area contributed by atoms with E-state index in [-0.39, 0.29) is 35.5 Å². The van der Waals surface area contributed by atoms with Gasteiger partial charge in [0.1, 0.15) is 5.82 Å². The molecule has 0 bridgehead atoms. The summed E-state index contributed by atoms with van der Waals surface area (Å²) in [7, 11) is 0. The Kier molecular flexibility index (Phi) is 6.55. The van der Waals surface area contributed by atoms with Crippen molar-refractivity contribution in [2.24, 2.45) is 11.3 Å². The Hall–Kier alpha value is -1.49. The minimum atomic E-state index is -0.408. The van der Waals surface area contributed by atoms with E-state index in [0.717, 1.165) is 11.3 Å². The van der Waals surface area contributed by atoms with Crippen molar-refractivity contribution < 1.29 is 14.6 Å². The number of aromatic nitrogens is 1. The molecule has 2 rings (SSSR count). The Morgan fingerprint density at radius 2 is 1.84 bits per heavy atom. The maximum Gasteiger partial charge on any atom is 0.145 e. The number of aliphatic hydroxyl groups is 2. The van der Waals surface area contributed by atoms with Gasteiger partial charge in [0.05, 0.1) is 11.6 Å². The van der Waals surface area contributed by atoms with Crippen molar-refractivity contribution >= 4 is 11.6 Å². The molecule has 0 aliphatic rings. The fraction of sp³-hybridized carbons (Fsp3) is 0.450. The zero-order chi connectivity index (χ0) is 18.6. The van der Waals surface area contributed by atoms with E-state index < -0.39 is 5.82 Å². The smallest absolute Gasteiger partial charge is 0.145 e. The summed E-state index contributed by atoms with van der Waals surface area (Å²) in [5, 5.41) is 19.6. The van der Waals surface area contributed by atoms with Crippen molar-refractivity contribution in [2.45, 2.75) is 33.1 Å². The molecule has 0 radical (unpaired) electrons. The molecule has 2 atom stereocenters. The molecule has 0 aliphatic carbocycles. The zero-order valence-electron chi connectivity index (χ0n) is 14.8. The molecule has 1 aromatic heterocycles. The second-order valence-electron chi connectivity index (χ2n) is 7.43. The van der Waals surface area contributed by atoms with Gasteiger partial charge in [-0.3, -0.25) is 4.98 Å². The third kappa shape index (κ3) is 4.78. The summed E-state index contributed by atoms with van der Waals surface area (Å²) in [5.41, 5.74) is 1.94. The summed E-state index contributed by atoms with van der Waals surface area (Å²) in [5.74, 6) is -0.766. The van der Waals surface area contributed by atoms with Gasteiger partial charge in [0.2, 0.25) is 0 Å². The van der Waals surface area contributed by atoms with Gasteiger partial charge in [-0.15, -0.1) is 0 Å². The SMILES string of the molecule is CC(C)(C)[C@@H](CO)C(CO)c1ccc(Cc2cccc(Cl)c2F)cn1. The van der Waals surface area contributed by atoms with Crippen molar-refractivity contribution in [1.29, 1.82) is 0 Å². The Bertz CT molecular complexity index is 698. The molecule has 136 valence electrons. The van der Waals surface area contributed by atoms with Gasteiger partial charge in [-0.05, 0) is 34.6 Å². The van der Waals surface area contributed by atoms with E-state index in [1.807, 2.05) is 32.9 Å². The molecular weight excluding hydrogens is 341 g/mol. The molecule has 2 aromatic rings. The highest BCUT2D eigenvalue weighted by Crippen LogP contribution is 2.36. The number of halogens is 2. The van der Waals surface area contributed by atoms with Crippen LogP contribution >= 0.6 is 11.6 Å². The van der Waals surface area contributed by atoms with Crippen LogP contribution < -0.4 is 0 Å². The normalized spacial score (nSPS) is 14.4. The van der Waals surface area contributed by atoms with Gasteiger partial charge in [0.25, 0.3) is 0 Å². The van der Waals surface area contributed by atoms with Gasteiger partial charge in [0.15, 0.2) is 0 Å². The predicted octanol–water partition coefficient (Wildman–Crippen LogP) is 4.20. The van der Waals surface area contributed by atoms with Crippen LogP contribution in [-0.4, -0.2) is 28.4 Å². The number of nitrogens with zero attached hydrogens (tertiary/aromatic N) is 1. The summed E-state index contributed by atoms with van der Waals surface area (Å²) in [6.07, 6.45) is 2.08. The number of rotatable bonds is 6. The van der Waals surface area contributed by atoms with E-state index in [9.17, 15) is 14.6 Å². The number of hydrogen-bond acceptors (Lipinski definition) is 3. The third-order valence-corrected chi connectivity index (χ3v) is 4.94. The van der Waals surface area contributed by atoms with E-state index in [1.54, 1.807) is 18.3 Å². The van der Waals surface area contributed by atoms with Crippen molar-refractivity contribution in [3.05, 3.63) is 64.2 Å². The average molecular weight is 366 g/mol. The van der Waals surface area contributed by atoms with Crippen molar-refractivity contribution in [3.8, 4) is 0 Å². The Morgan fingerprint density at radius 1 is 1.12 bits per heavy atom. The monoisotopic (exact) mass is 365 g/mol. The lowest BCUT2D eigenvalue weighted by molar-refractivity contribution is 0.0789. The maximum atomic E-state index is 14.0. The van der Waals surface area contributed by atoms with Crippen LogP contribution in [0.5, 0.6) is 0 Å². The van der Waals surface area contributed by atoms with Crippen LogP contribution in [0.25, 0.3) is 0 Å². The molecule has 0 saturated heterocycles. The molecule has 1 heterocycles. The predicted molar refractivity (Wildman–Crippen MR) is 98.3 cm³/mol. The second-order valence-corrected chi connectivity index (χ2v) is 7.83. The van der Waals surface area contributed by atoms with Crippen molar-refractivity contribution in [3.63, 3.8) is 0 Å². The second kappa shape index (κ2) is 8.26. The Morgan fingerprint density at radius 3 is 2.36 bits per heavy atom. The van der Waals surface area contributed by atoms with Crippen LogP contribution in [0, 0.1) is 17.2 Å². The summed E-state index contributed by atoms with van der Waals surface area (Å²) >= 11 is 5.82. The van der Waals surface area contributed by atoms with E-state index in [0.29, 0.717) is 12.0 Å². The standard InChI is InChI=1S/C20H25ClFNO2/c1-20(2,3)16(12-25)15(11-24)18-8-7-13(10-23-18)9-14-5-4-6-17(21)19(14)22/h4-8,10,15-16,24-25H,9,11-12H2,1-3H3/t15?,16-/m0/s1. The minimum Gasteiger partial charge on any atom is -0.396 e. The quantitative estimate of drug-likeness (QED) is 0.806. The molecule has 2 N–H and O–H groups in total. The van der Waals surface area contributed by atoms with E-state index in [2.05, 4.69) is 4.98 Å². The summed E-state index contributed by atoms with van der Waals surface area (Å²) in [4.78, 5) is 4.45. The van der Waals surface area contributed by atoms with Crippen LogP contribution in [0.4, 0.5) is 4.39 Å². The molecule has 0 amide bonds. The topological polar surface area (TPSA) is 53.4 Å². The van der Waals surface area contributed by atoms with Crippen molar-refractivity contribution in [1.82, 2.24) is 4.98 Å². The number of benzene rings is 1. The fourth-order valence-electron chi connectivity index (χ4n) is 3.10. The molecule has 0 spiro atoms. The first-order valence-electron chi connectivity index (χ1n) is 8.37. The van der Waals surface area contributed by atoms with Crippen LogP contribution in [0.1, 0.15) is 43.5 Å². The van der Waals surface area contributed by atoms with Crippen LogP contribution in [0.15, 0.2) is 36.5 Å². The highest BCUT2D eigenvalue weighted by atomic mass is 35.5. The molecule has 25 heavy (non-hydrogen) atoms. The largest absolute Gasteiger partial charge is 0.396 e. The molecule has 0 saturated carbocycles. The van der Waals surface area contributed by atoms with Gasteiger partial charge in [-0.2, -0.15) is 0 Å². The molecule has 3 nitrogen and oxygen atoms in total. The van der Waals surface area contributed by atoms with Gasteiger partial charge < -0.3 is 10.2 Å². The first-order chi connectivity index (χ1) is 11.8. The lowest BCUT2D eigenvalue weighted by Gasteiger charge is -2.34. The molecule has 1 unspecified atom stereocenters. The summed E-state index contributed by atoms with van der Waals surface area (Å²) in [6.45, 7) is 6.00.